The van der Waals surface area contributed by atoms with Crippen molar-refractivity contribution in [2.75, 3.05) is 5.73 Å². The molecule has 0 aliphatic carbocycles. The second-order valence-corrected chi connectivity index (χ2v) is 1.90. The maximum atomic E-state index is 12.4. The highest BCUT2D eigenvalue weighted by molar-refractivity contribution is 5.85. The van der Waals surface area contributed by atoms with E-state index in [2.05, 4.69) is 0 Å². The molecule has 0 saturated carbocycles. The number of carbonyl (C=O) groups is 1. The van der Waals surface area contributed by atoms with Crippen LogP contribution in [0.25, 0.3) is 0 Å². The predicted molar refractivity (Wildman–Crippen MR) is 43.4 cm³/mol. The molecule has 60 valence electrons. The van der Waals surface area contributed by atoms with Crippen LogP contribution >= 0.6 is 12.4 Å². The van der Waals surface area contributed by atoms with Crippen molar-refractivity contribution in [1.82, 2.24) is 0 Å². The molecule has 0 spiro atoms. The van der Waals surface area contributed by atoms with Crippen LogP contribution in [0.2, 0.25) is 0 Å². The van der Waals surface area contributed by atoms with Gasteiger partial charge in [-0.3, -0.25) is 4.79 Å². The quantitative estimate of drug-likeness (QED) is 0.521. The van der Waals surface area contributed by atoms with Crippen LogP contribution in [-0.4, -0.2) is 6.29 Å². The number of carbonyl (C=O) groups excluding carboxylic acids is 1. The van der Waals surface area contributed by atoms with E-state index >= 15 is 0 Å². The van der Waals surface area contributed by atoms with Gasteiger partial charge in [0.15, 0.2) is 0 Å². The lowest BCUT2D eigenvalue weighted by molar-refractivity contribution is 0.112. The number of nitrogens with two attached hydrogens (primary N) is 1. The van der Waals surface area contributed by atoms with Crippen LogP contribution in [-0.2, 0) is 0 Å². The van der Waals surface area contributed by atoms with Gasteiger partial charge in [-0.25, -0.2) is 4.39 Å². The van der Waals surface area contributed by atoms with Crippen molar-refractivity contribution in [3.05, 3.63) is 29.6 Å². The van der Waals surface area contributed by atoms with Gasteiger partial charge in [-0.05, 0) is 18.2 Å². The van der Waals surface area contributed by atoms with Gasteiger partial charge in [0.05, 0.1) is 5.69 Å². The molecule has 0 aliphatic heterocycles. The van der Waals surface area contributed by atoms with Gasteiger partial charge < -0.3 is 5.73 Å². The Hall–Kier alpha value is -1.09. The van der Waals surface area contributed by atoms with E-state index in [1.807, 2.05) is 0 Å². The highest BCUT2D eigenvalue weighted by Gasteiger charge is 1.96. The standard InChI is InChI=1S/C7H6FNO.ClH/c8-6-2-1-5(4-10)3-7(6)9;/h1-4H,9H2;1H. The first-order valence-electron chi connectivity index (χ1n) is 2.74. The van der Waals surface area contributed by atoms with Crippen molar-refractivity contribution in [3.8, 4) is 0 Å². The van der Waals surface area contributed by atoms with E-state index in [9.17, 15) is 9.18 Å². The number of aldehydes is 1. The van der Waals surface area contributed by atoms with Crippen LogP contribution < -0.4 is 5.73 Å². The Morgan fingerprint density at radius 1 is 1.45 bits per heavy atom. The average Bonchev–Trinajstić information content (AvgIpc) is 1.95. The molecular weight excluding hydrogens is 169 g/mol. The van der Waals surface area contributed by atoms with Crippen molar-refractivity contribution >= 4 is 24.4 Å². The topological polar surface area (TPSA) is 43.1 Å². The highest BCUT2D eigenvalue weighted by atomic mass is 35.5. The molecule has 2 N–H and O–H groups in total. The second kappa shape index (κ2) is 3.93. The summed E-state index contributed by atoms with van der Waals surface area (Å²) in [6.45, 7) is 0. The largest absolute Gasteiger partial charge is 0.396 e. The van der Waals surface area contributed by atoms with Gasteiger partial charge in [0, 0.05) is 5.56 Å². The minimum Gasteiger partial charge on any atom is -0.396 e. The summed E-state index contributed by atoms with van der Waals surface area (Å²) in [6, 6.07) is 3.83. The summed E-state index contributed by atoms with van der Waals surface area (Å²) < 4.78 is 12.4. The van der Waals surface area contributed by atoms with E-state index < -0.39 is 5.82 Å². The van der Waals surface area contributed by atoms with Gasteiger partial charge in [0.1, 0.15) is 12.1 Å². The van der Waals surface area contributed by atoms with E-state index in [1.165, 1.54) is 18.2 Å². The zero-order chi connectivity index (χ0) is 7.56. The minimum atomic E-state index is -0.495. The molecule has 0 heterocycles. The summed E-state index contributed by atoms with van der Waals surface area (Å²) in [5, 5.41) is 0. The molecule has 11 heavy (non-hydrogen) atoms. The molecule has 0 aliphatic rings. The Kier molecular flexibility index (Phi) is 3.54. The third kappa shape index (κ3) is 2.20. The number of anilines is 1. The lowest BCUT2D eigenvalue weighted by Crippen LogP contribution is -1.91. The van der Waals surface area contributed by atoms with Crippen molar-refractivity contribution < 1.29 is 9.18 Å². The molecule has 0 bridgehead atoms. The lowest BCUT2D eigenvalue weighted by Gasteiger charge is -1.94. The third-order valence-corrected chi connectivity index (χ3v) is 1.16. The molecule has 0 aromatic heterocycles. The first-order chi connectivity index (χ1) is 4.74. The Labute approximate surface area is 69.6 Å². The second-order valence-electron chi connectivity index (χ2n) is 1.90. The highest BCUT2D eigenvalue weighted by Crippen LogP contribution is 2.09. The number of halogens is 2. The first kappa shape index (κ1) is 9.91. The van der Waals surface area contributed by atoms with E-state index in [0.717, 1.165) is 0 Å². The Morgan fingerprint density at radius 3 is 2.55 bits per heavy atom. The van der Waals surface area contributed by atoms with Gasteiger partial charge in [-0.2, -0.15) is 0 Å². The number of hydrogen-bond donors (Lipinski definition) is 1. The first-order valence-corrected chi connectivity index (χ1v) is 2.74. The summed E-state index contributed by atoms with van der Waals surface area (Å²) in [5.74, 6) is -0.495. The van der Waals surface area contributed by atoms with Gasteiger partial charge in [-0.15, -0.1) is 12.4 Å². The fraction of sp³-hybridized carbons (Fsp3) is 0. The molecular formula is C7H7ClFNO. The molecule has 1 aromatic carbocycles. The molecule has 0 radical (unpaired) electrons. The maximum Gasteiger partial charge on any atom is 0.150 e. The van der Waals surface area contributed by atoms with Crippen molar-refractivity contribution in [2.45, 2.75) is 0 Å². The van der Waals surface area contributed by atoms with Crippen LogP contribution in [0.4, 0.5) is 10.1 Å². The van der Waals surface area contributed by atoms with Crippen molar-refractivity contribution in [2.24, 2.45) is 0 Å². The summed E-state index contributed by atoms with van der Waals surface area (Å²) in [7, 11) is 0. The van der Waals surface area contributed by atoms with Crippen LogP contribution in [0.15, 0.2) is 18.2 Å². The summed E-state index contributed by atoms with van der Waals surface area (Å²) in [4.78, 5) is 10.1. The van der Waals surface area contributed by atoms with Crippen LogP contribution in [0, 0.1) is 5.82 Å². The minimum absolute atomic E-state index is 0. The normalized spacial score (nSPS) is 8.45. The zero-order valence-electron chi connectivity index (χ0n) is 5.58. The lowest BCUT2D eigenvalue weighted by atomic mass is 10.2. The number of hydrogen-bond acceptors (Lipinski definition) is 2. The van der Waals surface area contributed by atoms with Gasteiger partial charge in [0.2, 0.25) is 0 Å². The van der Waals surface area contributed by atoms with Crippen LogP contribution in [0.3, 0.4) is 0 Å². The fourth-order valence-electron chi connectivity index (χ4n) is 0.636. The molecule has 4 heteroatoms. The average molecular weight is 176 g/mol. The Bertz CT molecular complexity index is 265. The molecule has 1 rings (SSSR count). The van der Waals surface area contributed by atoms with Gasteiger partial charge >= 0.3 is 0 Å². The summed E-state index contributed by atoms with van der Waals surface area (Å²) in [5.41, 5.74) is 5.55. The van der Waals surface area contributed by atoms with E-state index in [-0.39, 0.29) is 18.1 Å². The molecule has 0 amide bonds. The third-order valence-electron chi connectivity index (χ3n) is 1.16. The van der Waals surface area contributed by atoms with E-state index in [1.54, 1.807) is 0 Å². The van der Waals surface area contributed by atoms with Crippen molar-refractivity contribution in [1.29, 1.82) is 0 Å². The molecule has 1 aromatic rings. The Balaban J connectivity index is 0.000001000. The molecule has 0 saturated heterocycles. The van der Waals surface area contributed by atoms with E-state index in [4.69, 9.17) is 5.73 Å². The van der Waals surface area contributed by atoms with Gasteiger partial charge in [-0.1, -0.05) is 0 Å². The molecule has 0 fully saturated rings. The molecule has 0 atom stereocenters. The smallest absolute Gasteiger partial charge is 0.150 e. The van der Waals surface area contributed by atoms with Crippen LogP contribution in [0.1, 0.15) is 10.4 Å². The van der Waals surface area contributed by atoms with Gasteiger partial charge in [0.25, 0.3) is 0 Å². The molecule has 2 nitrogen and oxygen atoms in total. The number of nitrogen functional groups attached to an aromatic ring is 1. The SMILES string of the molecule is Cl.Nc1cc(C=O)ccc1F. The van der Waals surface area contributed by atoms with Crippen LogP contribution in [0.5, 0.6) is 0 Å². The monoisotopic (exact) mass is 175 g/mol. The number of benzene rings is 1. The predicted octanol–water partition coefficient (Wildman–Crippen LogP) is 1.64. The summed E-state index contributed by atoms with van der Waals surface area (Å²) in [6.07, 6.45) is 0.621. The maximum absolute atomic E-state index is 12.4. The summed E-state index contributed by atoms with van der Waals surface area (Å²) >= 11 is 0. The fourth-order valence-corrected chi connectivity index (χ4v) is 0.636. The number of rotatable bonds is 1. The Morgan fingerprint density at radius 2 is 2.09 bits per heavy atom. The molecule has 0 unspecified atom stereocenters. The van der Waals surface area contributed by atoms with Crippen molar-refractivity contribution in [3.63, 3.8) is 0 Å². The zero-order valence-corrected chi connectivity index (χ0v) is 6.40. The van der Waals surface area contributed by atoms with E-state index in [0.29, 0.717) is 11.8 Å².